The molecular formula is C56H39N3O2. The summed E-state index contributed by atoms with van der Waals surface area (Å²) >= 11 is 0. The lowest BCUT2D eigenvalue weighted by Gasteiger charge is -2.15. The highest BCUT2D eigenvalue weighted by molar-refractivity contribution is 6.10. The van der Waals surface area contributed by atoms with Gasteiger partial charge >= 0.3 is 0 Å². The van der Waals surface area contributed by atoms with Crippen LogP contribution in [0.25, 0.3) is 106 Å². The van der Waals surface area contributed by atoms with Gasteiger partial charge in [0.1, 0.15) is 16.9 Å². The van der Waals surface area contributed by atoms with Crippen LogP contribution in [-0.2, 0) is 0 Å². The molecule has 1 N–H and O–H groups in total. The molecule has 290 valence electrons. The molecule has 0 amide bonds. The molecule has 0 aliphatic heterocycles. The number of nitrogens with zero attached hydrogens (tertiary/aromatic N) is 3. The number of aryl methyl sites for hydroxylation is 2. The van der Waals surface area contributed by atoms with Crippen molar-refractivity contribution in [3.63, 3.8) is 0 Å². The van der Waals surface area contributed by atoms with Gasteiger partial charge in [0.25, 0.3) is 0 Å². The molecule has 0 saturated carbocycles. The first kappa shape index (κ1) is 36.1. The summed E-state index contributed by atoms with van der Waals surface area (Å²) in [6.07, 6.45) is 0. The van der Waals surface area contributed by atoms with E-state index < -0.39 is 0 Å². The number of hydrogen-bond donors (Lipinski definition) is 1. The van der Waals surface area contributed by atoms with Crippen molar-refractivity contribution in [3.05, 3.63) is 205 Å². The van der Waals surface area contributed by atoms with Gasteiger partial charge in [-0.15, -0.1) is 0 Å². The Hall–Kier alpha value is -8.02. The average Bonchev–Trinajstić information content (AvgIpc) is 3.85. The second-order valence-electron chi connectivity index (χ2n) is 15.7. The largest absolute Gasteiger partial charge is 0.507 e. The number of aromatic nitrogens is 3. The van der Waals surface area contributed by atoms with Crippen LogP contribution in [0.15, 0.2) is 199 Å². The van der Waals surface area contributed by atoms with Gasteiger partial charge in [-0.25, -0.2) is 4.98 Å². The van der Waals surface area contributed by atoms with Crippen LogP contribution >= 0.6 is 0 Å². The van der Waals surface area contributed by atoms with Crippen LogP contribution in [0.4, 0.5) is 0 Å². The summed E-state index contributed by atoms with van der Waals surface area (Å²) in [7, 11) is 0. The van der Waals surface area contributed by atoms with E-state index in [0.29, 0.717) is 11.3 Å². The molecule has 61 heavy (non-hydrogen) atoms. The van der Waals surface area contributed by atoms with Crippen LogP contribution in [-0.4, -0.2) is 19.6 Å². The molecule has 5 nitrogen and oxygen atoms in total. The van der Waals surface area contributed by atoms with Crippen molar-refractivity contribution in [1.82, 2.24) is 14.5 Å². The highest BCUT2D eigenvalue weighted by Gasteiger charge is 2.23. The predicted octanol–water partition coefficient (Wildman–Crippen LogP) is 14.6. The first-order valence-corrected chi connectivity index (χ1v) is 20.5. The van der Waals surface area contributed by atoms with Crippen molar-refractivity contribution in [1.29, 1.82) is 0 Å². The number of furan rings is 1. The zero-order chi connectivity index (χ0) is 41.0. The molecular weight excluding hydrogens is 747 g/mol. The van der Waals surface area contributed by atoms with Gasteiger partial charge in [-0.2, -0.15) is 0 Å². The highest BCUT2D eigenvalue weighted by Crippen LogP contribution is 2.45. The lowest BCUT2D eigenvalue weighted by Crippen LogP contribution is -1.99. The number of benzene rings is 7. The number of para-hydroxylation sites is 3. The second-order valence-corrected chi connectivity index (χ2v) is 15.7. The van der Waals surface area contributed by atoms with Crippen LogP contribution in [0.5, 0.6) is 5.75 Å². The van der Waals surface area contributed by atoms with E-state index >= 15 is 0 Å². The van der Waals surface area contributed by atoms with Crippen LogP contribution in [0.2, 0.25) is 0 Å². The quantitative estimate of drug-likeness (QED) is 0.175. The molecule has 0 saturated heterocycles. The van der Waals surface area contributed by atoms with Gasteiger partial charge in [-0.1, -0.05) is 115 Å². The summed E-state index contributed by atoms with van der Waals surface area (Å²) in [5.74, 6) is 0.207. The Morgan fingerprint density at radius 1 is 0.443 bits per heavy atom. The standard InChI is InChI=1S/C56H39N3O2/c1-35-24-26-46(52(60)28-35)50-32-41(37-14-5-3-6-15-37)31-49(58-50)39-17-13-16-38(30-39)48-33-42(29-36(2)57-48)56-55(40-25-27-45-44-20-10-12-23-53(44)61-54(45)34-40)47-21-9-11-22-51(47)59(56)43-18-7-4-8-19-43/h3-34,60H,1-2H3. The van der Waals surface area contributed by atoms with Gasteiger partial charge in [0.15, 0.2) is 0 Å². The van der Waals surface area contributed by atoms with Gasteiger partial charge in [-0.3, -0.25) is 4.98 Å². The minimum atomic E-state index is 0.207. The van der Waals surface area contributed by atoms with Gasteiger partial charge in [0.2, 0.25) is 0 Å². The van der Waals surface area contributed by atoms with E-state index in [0.717, 1.165) is 106 Å². The molecule has 11 rings (SSSR count). The third-order valence-corrected chi connectivity index (χ3v) is 11.6. The fourth-order valence-electron chi connectivity index (χ4n) is 8.80. The molecule has 11 aromatic rings. The summed E-state index contributed by atoms with van der Waals surface area (Å²) in [5, 5.41) is 14.4. The van der Waals surface area contributed by atoms with Gasteiger partial charge in [-0.05, 0) is 115 Å². The SMILES string of the molecule is Cc1ccc(-c2cc(-c3ccccc3)cc(-c3cccc(-c4cc(-c5c(-c6ccc7c(c6)oc6ccccc67)c6ccccc6n5-c5ccccc5)cc(C)n4)c3)n2)c(O)c1. The molecule has 4 aromatic heterocycles. The Balaban J connectivity index is 1.10. The molecule has 0 spiro atoms. The lowest BCUT2D eigenvalue weighted by atomic mass is 9.95. The van der Waals surface area contributed by atoms with Crippen molar-refractivity contribution >= 4 is 32.8 Å². The summed E-state index contributed by atoms with van der Waals surface area (Å²) in [5.41, 5.74) is 17.2. The molecule has 0 aliphatic rings. The first-order chi connectivity index (χ1) is 29.9. The fraction of sp³-hybridized carbons (Fsp3) is 0.0357. The number of pyridine rings is 2. The number of aromatic hydroxyl groups is 1. The monoisotopic (exact) mass is 785 g/mol. The average molecular weight is 786 g/mol. The summed E-state index contributed by atoms with van der Waals surface area (Å²) in [4.78, 5) is 10.3. The van der Waals surface area contributed by atoms with Crippen molar-refractivity contribution in [3.8, 4) is 78.7 Å². The number of rotatable bonds is 7. The zero-order valence-electron chi connectivity index (χ0n) is 33.7. The summed E-state index contributed by atoms with van der Waals surface area (Å²) in [6.45, 7) is 4.04. The Kier molecular flexibility index (Phi) is 8.68. The molecule has 4 heterocycles. The smallest absolute Gasteiger partial charge is 0.136 e. The van der Waals surface area contributed by atoms with Crippen LogP contribution < -0.4 is 0 Å². The minimum absolute atomic E-state index is 0.207. The Morgan fingerprint density at radius 2 is 1.10 bits per heavy atom. The molecule has 0 radical (unpaired) electrons. The van der Waals surface area contributed by atoms with Gasteiger partial charge in [0.05, 0.1) is 28.3 Å². The molecule has 0 bridgehead atoms. The molecule has 0 aliphatic carbocycles. The van der Waals surface area contributed by atoms with E-state index in [4.69, 9.17) is 14.4 Å². The number of phenols is 1. The number of fused-ring (bicyclic) bond motifs is 4. The van der Waals surface area contributed by atoms with Crippen molar-refractivity contribution in [2.45, 2.75) is 13.8 Å². The topological polar surface area (TPSA) is 64.1 Å². The maximum Gasteiger partial charge on any atom is 0.136 e. The third kappa shape index (κ3) is 6.44. The normalized spacial score (nSPS) is 11.5. The Morgan fingerprint density at radius 3 is 1.90 bits per heavy atom. The number of phenolic OH excluding ortho intramolecular Hbond substituents is 1. The zero-order valence-corrected chi connectivity index (χ0v) is 33.7. The molecule has 5 heteroatoms. The molecule has 7 aromatic carbocycles. The van der Waals surface area contributed by atoms with E-state index in [9.17, 15) is 5.11 Å². The maximum atomic E-state index is 11.1. The van der Waals surface area contributed by atoms with Crippen LogP contribution in [0.1, 0.15) is 11.3 Å². The van der Waals surface area contributed by atoms with Crippen molar-refractivity contribution < 1.29 is 9.52 Å². The fourth-order valence-corrected chi connectivity index (χ4v) is 8.80. The van der Waals surface area contributed by atoms with Crippen molar-refractivity contribution in [2.75, 3.05) is 0 Å². The molecule has 0 atom stereocenters. The Bertz CT molecular complexity index is 3450. The van der Waals surface area contributed by atoms with Gasteiger partial charge in [0, 0.05) is 55.4 Å². The molecule has 0 fully saturated rings. The third-order valence-electron chi connectivity index (χ3n) is 11.6. The van der Waals surface area contributed by atoms with Crippen LogP contribution in [0.3, 0.4) is 0 Å². The summed E-state index contributed by atoms with van der Waals surface area (Å²) in [6, 6.07) is 67.1. The molecule has 0 unspecified atom stereocenters. The minimum Gasteiger partial charge on any atom is -0.507 e. The Labute approximate surface area is 353 Å². The second kappa shape index (κ2) is 14.7. The summed E-state index contributed by atoms with van der Waals surface area (Å²) < 4.78 is 8.83. The van der Waals surface area contributed by atoms with Crippen LogP contribution in [0, 0.1) is 13.8 Å². The van der Waals surface area contributed by atoms with E-state index in [1.807, 2.05) is 49.4 Å². The highest BCUT2D eigenvalue weighted by atomic mass is 16.3. The van der Waals surface area contributed by atoms with Crippen molar-refractivity contribution in [2.24, 2.45) is 0 Å². The van der Waals surface area contributed by atoms with Gasteiger partial charge < -0.3 is 14.1 Å². The van der Waals surface area contributed by atoms with E-state index in [1.165, 1.54) is 0 Å². The number of hydrogen-bond acceptors (Lipinski definition) is 4. The predicted molar refractivity (Wildman–Crippen MR) is 250 cm³/mol. The maximum absolute atomic E-state index is 11.1. The van der Waals surface area contributed by atoms with E-state index in [2.05, 4.69) is 157 Å². The van der Waals surface area contributed by atoms with E-state index in [1.54, 1.807) is 6.07 Å². The van der Waals surface area contributed by atoms with E-state index in [-0.39, 0.29) is 5.75 Å². The lowest BCUT2D eigenvalue weighted by molar-refractivity contribution is 0.476. The first-order valence-electron chi connectivity index (χ1n) is 20.5.